The first-order valence-corrected chi connectivity index (χ1v) is 9.45. The second-order valence-corrected chi connectivity index (χ2v) is 7.01. The number of benzene rings is 2. The highest BCUT2D eigenvalue weighted by atomic mass is 16.6. The number of carbonyl (C=O) groups is 2. The fraction of sp³-hybridized carbons (Fsp3) is 0.364. The Hall–Kier alpha value is -3.22. The zero-order valence-corrected chi connectivity index (χ0v) is 17.2. The van der Waals surface area contributed by atoms with Crippen molar-refractivity contribution in [3.8, 4) is 11.5 Å². The van der Waals surface area contributed by atoms with Crippen LogP contribution >= 0.6 is 0 Å². The number of amides is 1. The molecule has 0 aromatic heterocycles. The first-order chi connectivity index (χ1) is 13.9. The first-order valence-electron chi connectivity index (χ1n) is 9.45. The van der Waals surface area contributed by atoms with Crippen LogP contribution in [0.5, 0.6) is 11.5 Å². The molecule has 2 aromatic rings. The summed E-state index contributed by atoms with van der Waals surface area (Å²) in [6, 6.07) is 12.8. The van der Waals surface area contributed by atoms with Crippen LogP contribution in [0.15, 0.2) is 42.5 Å². The first kappa shape index (κ1) is 20.5. The number of anilines is 2. The van der Waals surface area contributed by atoms with Crippen LogP contribution in [0.3, 0.4) is 0 Å². The second kappa shape index (κ2) is 8.86. The predicted octanol–water partition coefficient (Wildman–Crippen LogP) is 3.82. The van der Waals surface area contributed by atoms with Crippen molar-refractivity contribution in [3.63, 3.8) is 0 Å². The Morgan fingerprint density at radius 2 is 1.86 bits per heavy atom. The molecule has 0 saturated carbocycles. The van der Waals surface area contributed by atoms with E-state index in [4.69, 9.17) is 14.2 Å². The minimum absolute atomic E-state index is 0.0874. The topological polar surface area (TPSA) is 68.3 Å². The summed E-state index contributed by atoms with van der Waals surface area (Å²) in [5.41, 5.74) is 2.66. The quantitative estimate of drug-likeness (QED) is 0.689. The van der Waals surface area contributed by atoms with Crippen LogP contribution in [-0.4, -0.2) is 46.9 Å². The third-order valence-electron chi connectivity index (χ3n) is 5.21. The van der Waals surface area contributed by atoms with Gasteiger partial charge in [-0.05, 0) is 42.8 Å². The van der Waals surface area contributed by atoms with Crippen molar-refractivity contribution < 1.29 is 23.8 Å². The molecule has 0 radical (unpaired) electrons. The van der Waals surface area contributed by atoms with Crippen molar-refractivity contribution in [1.29, 1.82) is 0 Å². The maximum atomic E-state index is 12.8. The van der Waals surface area contributed by atoms with E-state index in [1.54, 1.807) is 44.5 Å². The van der Waals surface area contributed by atoms with Gasteiger partial charge in [0.25, 0.3) is 0 Å². The van der Waals surface area contributed by atoms with Crippen LogP contribution in [-0.2, 0) is 9.53 Å². The summed E-state index contributed by atoms with van der Waals surface area (Å²) in [7, 11) is 6.64. The molecule has 29 heavy (non-hydrogen) atoms. The minimum atomic E-state index is -0.482. The number of methoxy groups -OCH3 is 2. The molecule has 0 fully saturated rings. The molecule has 1 atom stereocenters. The van der Waals surface area contributed by atoms with E-state index in [1.165, 1.54) is 12.0 Å². The van der Waals surface area contributed by atoms with E-state index >= 15 is 0 Å². The lowest BCUT2D eigenvalue weighted by molar-refractivity contribution is -0.140. The van der Waals surface area contributed by atoms with Gasteiger partial charge in [-0.1, -0.05) is 6.07 Å². The van der Waals surface area contributed by atoms with Crippen LogP contribution in [0, 0.1) is 0 Å². The van der Waals surface area contributed by atoms with Crippen molar-refractivity contribution >= 4 is 23.4 Å². The lowest BCUT2D eigenvalue weighted by Gasteiger charge is -2.19. The van der Waals surface area contributed by atoms with Crippen LogP contribution in [0.25, 0.3) is 0 Å². The monoisotopic (exact) mass is 398 g/mol. The summed E-state index contributed by atoms with van der Waals surface area (Å²) in [5, 5.41) is 0. The summed E-state index contributed by atoms with van der Waals surface area (Å²) in [5.74, 6) is 1.08. The third kappa shape index (κ3) is 4.45. The van der Waals surface area contributed by atoms with E-state index in [0.29, 0.717) is 30.0 Å². The molecule has 7 heteroatoms. The van der Waals surface area contributed by atoms with Gasteiger partial charge >= 0.3 is 12.1 Å². The van der Waals surface area contributed by atoms with Crippen LogP contribution in [0.1, 0.15) is 24.3 Å². The summed E-state index contributed by atoms with van der Waals surface area (Å²) in [6.07, 6.45) is 0.472. The Morgan fingerprint density at radius 1 is 1.14 bits per heavy atom. The molecule has 1 unspecified atom stereocenters. The van der Waals surface area contributed by atoms with E-state index in [9.17, 15) is 9.59 Å². The Labute approximate surface area is 170 Å². The molecule has 2 aromatic carbocycles. The molecule has 0 aliphatic carbocycles. The summed E-state index contributed by atoms with van der Waals surface area (Å²) < 4.78 is 15.7. The number of esters is 1. The Kier molecular flexibility index (Phi) is 6.26. The number of carbonyl (C=O) groups excluding carboxylic acids is 2. The van der Waals surface area contributed by atoms with Crippen molar-refractivity contribution in [3.05, 3.63) is 48.0 Å². The highest BCUT2D eigenvalue weighted by Crippen LogP contribution is 2.43. The molecule has 154 valence electrons. The van der Waals surface area contributed by atoms with Crippen molar-refractivity contribution in [2.24, 2.45) is 0 Å². The van der Waals surface area contributed by atoms with Crippen molar-refractivity contribution in [1.82, 2.24) is 0 Å². The van der Waals surface area contributed by atoms with Gasteiger partial charge < -0.3 is 19.1 Å². The molecule has 0 saturated heterocycles. The molecule has 0 bridgehead atoms. The van der Waals surface area contributed by atoms with E-state index in [1.807, 2.05) is 19.2 Å². The Morgan fingerprint density at radius 3 is 2.52 bits per heavy atom. The average Bonchev–Trinajstić information content (AvgIpc) is 3.08. The number of nitrogens with zero attached hydrogens (tertiary/aromatic N) is 2. The Bertz CT molecular complexity index is 881. The average molecular weight is 398 g/mol. The summed E-state index contributed by atoms with van der Waals surface area (Å²) >= 11 is 0. The normalized spacial score (nSPS) is 14.9. The standard InChI is InChI=1S/C22H26N2O5/c1-23-14-15(8-13-20(25)28-4)21-18(23)6-5-7-19(21)29-22(26)24(2)16-9-11-17(27-3)12-10-16/h5-7,9-12,15H,8,13-14H2,1-4H3. The number of hydrogen-bond donors (Lipinski definition) is 0. The molecule has 1 amide bonds. The fourth-order valence-electron chi connectivity index (χ4n) is 3.59. The second-order valence-electron chi connectivity index (χ2n) is 7.01. The van der Waals surface area contributed by atoms with E-state index in [0.717, 1.165) is 17.8 Å². The molecule has 0 spiro atoms. The third-order valence-corrected chi connectivity index (χ3v) is 5.21. The van der Waals surface area contributed by atoms with E-state index in [2.05, 4.69) is 4.90 Å². The van der Waals surface area contributed by atoms with Gasteiger partial charge in [-0.2, -0.15) is 0 Å². The molecular weight excluding hydrogens is 372 g/mol. The number of hydrogen-bond acceptors (Lipinski definition) is 6. The molecule has 7 nitrogen and oxygen atoms in total. The maximum absolute atomic E-state index is 12.8. The van der Waals surface area contributed by atoms with E-state index < -0.39 is 6.09 Å². The van der Waals surface area contributed by atoms with Crippen LogP contribution in [0.2, 0.25) is 0 Å². The van der Waals surface area contributed by atoms with Gasteiger partial charge in [0.05, 0.1) is 14.2 Å². The zero-order chi connectivity index (χ0) is 21.0. The van der Waals surface area contributed by atoms with Gasteiger partial charge in [-0.3, -0.25) is 9.69 Å². The van der Waals surface area contributed by atoms with Crippen LogP contribution in [0.4, 0.5) is 16.2 Å². The SMILES string of the molecule is COC(=O)CCC1CN(C)c2cccc(OC(=O)N(C)c3ccc(OC)cc3)c21. The summed E-state index contributed by atoms with van der Waals surface area (Å²) in [6.45, 7) is 0.759. The number of rotatable bonds is 6. The minimum Gasteiger partial charge on any atom is -0.497 e. The molecule has 1 aliphatic rings. The maximum Gasteiger partial charge on any atom is 0.419 e. The fourth-order valence-corrected chi connectivity index (χ4v) is 3.59. The number of ether oxygens (including phenoxy) is 3. The highest BCUT2D eigenvalue weighted by molar-refractivity contribution is 5.89. The zero-order valence-electron chi connectivity index (χ0n) is 17.2. The van der Waals surface area contributed by atoms with Gasteiger partial charge in [0.1, 0.15) is 11.5 Å². The van der Waals surface area contributed by atoms with Crippen LogP contribution < -0.4 is 19.3 Å². The van der Waals surface area contributed by atoms with Gasteiger partial charge in [0.2, 0.25) is 0 Å². The molecule has 1 heterocycles. The van der Waals surface area contributed by atoms with Gasteiger partial charge in [-0.25, -0.2) is 4.79 Å². The highest BCUT2D eigenvalue weighted by Gasteiger charge is 2.31. The molecule has 1 aliphatic heterocycles. The lowest BCUT2D eigenvalue weighted by atomic mass is 9.95. The smallest absolute Gasteiger partial charge is 0.419 e. The van der Waals surface area contributed by atoms with E-state index in [-0.39, 0.29) is 11.9 Å². The molecule has 0 N–H and O–H groups in total. The summed E-state index contributed by atoms with van der Waals surface area (Å²) in [4.78, 5) is 27.9. The number of fused-ring (bicyclic) bond motifs is 1. The lowest BCUT2D eigenvalue weighted by Crippen LogP contribution is -2.29. The van der Waals surface area contributed by atoms with Gasteiger partial charge in [0, 0.05) is 49.9 Å². The molecular formula is C22H26N2O5. The number of likely N-dealkylation sites (N-methyl/N-ethyl adjacent to an activating group) is 1. The van der Waals surface area contributed by atoms with Gasteiger partial charge in [-0.15, -0.1) is 0 Å². The van der Waals surface area contributed by atoms with Gasteiger partial charge in [0.15, 0.2) is 0 Å². The predicted molar refractivity (Wildman–Crippen MR) is 111 cm³/mol. The van der Waals surface area contributed by atoms with Crippen molar-refractivity contribution in [2.45, 2.75) is 18.8 Å². The van der Waals surface area contributed by atoms with Crippen molar-refractivity contribution in [2.75, 3.05) is 44.7 Å². The largest absolute Gasteiger partial charge is 0.497 e. The Balaban J connectivity index is 1.78. The molecule has 3 rings (SSSR count).